The van der Waals surface area contributed by atoms with Crippen LogP contribution < -0.4 is 0 Å². The summed E-state index contributed by atoms with van der Waals surface area (Å²) in [4.78, 5) is 22.8. The van der Waals surface area contributed by atoms with Gasteiger partial charge in [0.15, 0.2) is 34.9 Å². The van der Waals surface area contributed by atoms with Gasteiger partial charge in [-0.1, -0.05) is 19.9 Å². The number of aromatic carboxylic acids is 2. The molecule has 0 saturated heterocycles. The lowest BCUT2D eigenvalue weighted by Gasteiger charge is -2.35. The monoisotopic (exact) mass is 430 g/mol. The van der Waals surface area contributed by atoms with E-state index in [1.165, 1.54) is 13.8 Å². The highest BCUT2D eigenvalue weighted by molar-refractivity contribution is 6.02. The van der Waals surface area contributed by atoms with E-state index in [0.29, 0.717) is 6.07 Å². The molecule has 0 bridgehead atoms. The first-order chi connectivity index (χ1) is 13.9. The van der Waals surface area contributed by atoms with Crippen molar-refractivity contribution in [1.29, 1.82) is 0 Å². The summed E-state index contributed by atoms with van der Waals surface area (Å²) < 4.78 is 86.6. The molecule has 0 aliphatic heterocycles. The molecule has 0 saturated carbocycles. The molecule has 1 unspecified atom stereocenters. The molecule has 2 aromatic carbocycles. The van der Waals surface area contributed by atoms with E-state index >= 15 is 4.39 Å². The summed E-state index contributed by atoms with van der Waals surface area (Å²) in [5.41, 5.74) is -7.22. The van der Waals surface area contributed by atoms with Crippen molar-refractivity contribution in [2.75, 3.05) is 0 Å². The topological polar surface area (TPSA) is 74.6 Å². The maximum absolute atomic E-state index is 15.2. The molecule has 0 fully saturated rings. The van der Waals surface area contributed by atoms with E-state index in [0.717, 1.165) is 12.1 Å². The summed E-state index contributed by atoms with van der Waals surface area (Å²) in [6, 6.07) is 2.31. The minimum atomic E-state index is -2.57. The maximum atomic E-state index is 15.2. The normalized spacial score (nSPS) is 18.2. The van der Waals surface area contributed by atoms with Crippen molar-refractivity contribution in [3.05, 3.63) is 75.1 Å². The first-order valence-corrected chi connectivity index (χ1v) is 8.42. The number of hydrogen-bond acceptors (Lipinski definition) is 2. The highest BCUT2D eigenvalue weighted by atomic mass is 19.2. The van der Waals surface area contributed by atoms with Crippen LogP contribution in [0, 0.1) is 29.2 Å². The molecule has 158 valence electrons. The van der Waals surface area contributed by atoms with Crippen molar-refractivity contribution in [2.45, 2.75) is 19.3 Å². The van der Waals surface area contributed by atoms with E-state index in [-0.39, 0.29) is 0 Å². The highest BCUT2D eigenvalue weighted by Crippen LogP contribution is 2.57. The molecule has 0 amide bonds. The quantitative estimate of drug-likeness (QED) is 0.397. The van der Waals surface area contributed by atoms with Crippen LogP contribution >= 0.6 is 0 Å². The van der Waals surface area contributed by atoms with Gasteiger partial charge in [-0.2, -0.15) is 0 Å². The fourth-order valence-corrected chi connectivity index (χ4v) is 3.90. The van der Waals surface area contributed by atoms with Gasteiger partial charge in [-0.05, 0) is 23.6 Å². The number of allylic oxidation sites excluding steroid dienone is 1. The summed E-state index contributed by atoms with van der Waals surface area (Å²) in [5, 5.41) is 18.4. The Morgan fingerprint density at radius 1 is 0.833 bits per heavy atom. The third kappa shape index (κ3) is 2.55. The van der Waals surface area contributed by atoms with E-state index in [9.17, 15) is 36.6 Å². The Bertz CT molecular complexity index is 1150. The van der Waals surface area contributed by atoms with Crippen LogP contribution in [0.4, 0.5) is 26.3 Å². The van der Waals surface area contributed by atoms with Crippen LogP contribution in [-0.4, -0.2) is 22.2 Å². The van der Waals surface area contributed by atoms with Gasteiger partial charge in [0.05, 0.1) is 22.1 Å². The lowest BCUT2D eigenvalue weighted by Crippen LogP contribution is -2.35. The molecular formula is C20H12F6O4. The molecule has 30 heavy (non-hydrogen) atoms. The molecule has 0 heterocycles. The fraction of sp³-hybridized carbons (Fsp3) is 0.200. The number of carboxylic acid groups (broad SMARTS) is 2. The van der Waals surface area contributed by atoms with Gasteiger partial charge in [0, 0.05) is 5.56 Å². The van der Waals surface area contributed by atoms with E-state index in [1.54, 1.807) is 0 Å². The number of benzene rings is 2. The number of hydrogen-bond donors (Lipinski definition) is 2. The van der Waals surface area contributed by atoms with Crippen molar-refractivity contribution in [2.24, 2.45) is 5.92 Å². The summed E-state index contributed by atoms with van der Waals surface area (Å²) >= 11 is 0. The van der Waals surface area contributed by atoms with Crippen LogP contribution in [0.5, 0.6) is 0 Å². The van der Waals surface area contributed by atoms with Gasteiger partial charge < -0.3 is 10.2 Å². The number of carbonyl (C=O) groups is 2. The van der Waals surface area contributed by atoms with Gasteiger partial charge in [0.1, 0.15) is 0 Å². The van der Waals surface area contributed by atoms with E-state index in [2.05, 4.69) is 0 Å². The van der Waals surface area contributed by atoms with Crippen LogP contribution in [0.25, 0.3) is 5.83 Å². The average Bonchev–Trinajstić information content (AvgIpc) is 2.92. The third-order valence-electron chi connectivity index (χ3n) is 5.22. The van der Waals surface area contributed by atoms with Crippen molar-refractivity contribution in [1.82, 2.24) is 0 Å². The zero-order valence-corrected chi connectivity index (χ0v) is 15.3. The molecule has 10 heteroatoms. The van der Waals surface area contributed by atoms with Gasteiger partial charge in [0.25, 0.3) is 0 Å². The maximum Gasteiger partial charge on any atom is 0.336 e. The molecule has 0 radical (unpaired) electrons. The SMILES string of the molecule is CC(C)C1(c2ccc(C(=O)O)c(C(=O)O)c2)C(F)=C(F)c2c(F)c(F)c(F)c(F)c21. The van der Waals surface area contributed by atoms with E-state index < -0.39 is 86.0 Å². The Morgan fingerprint density at radius 3 is 1.87 bits per heavy atom. The summed E-state index contributed by atoms with van der Waals surface area (Å²) in [6.45, 7) is 2.48. The first kappa shape index (κ1) is 21.4. The molecule has 2 aromatic rings. The molecule has 0 spiro atoms. The molecule has 1 aliphatic carbocycles. The Kier molecular flexibility index (Phi) is 4.92. The lowest BCUT2D eigenvalue weighted by atomic mass is 9.67. The Balaban J connectivity index is 2.52. The number of carboxylic acids is 2. The Morgan fingerprint density at radius 2 is 1.37 bits per heavy atom. The lowest BCUT2D eigenvalue weighted by molar-refractivity contribution is 0.0651. The average molecular weight is 430 g/mol. The smallest absolute Gasteiger partial charge is 0.336 e. The molecule has 0 aromatic heterocycles. The minimum Gasteiger partial charge on any atom is -0.478 e. The van der Waals surface area contributed by atoms with Crippen LogP contribution in [0.1, 0.15) is 51.3 Å². The second-order valence-corrected chi connectivity index (χ2v) is 6.97. The summed E-state index contributed by atoms with van der Waals surface area (Å²) in [7, 11) is 0. The fourth-order valence-electron chi connectivity index (χ4n) is 3.90. The molecule has 2 N–H and O–H groups in total. The van der Waals surface area contributed by atoms with Crippen molar-refractivity contribution in [3.8, 4) is 0 Å². The van der Waals surface area contributed by atoms with E-state index in [4.69, 9.17) is 5.11 Å². The predicted molar refractivity (Wildman–Crippen MR) is 91.4 cm³/mol. The van der Waals surface area contributed by atoms with Crippen LogP contribution in [0.3, 0.4) is 0 Å². The van der Waals surface area contributed by atoms with Crippen molar-refractivity contribution < 1.29 is 46.1 Å². The minimum absolute atomic E-state index is 0.476. The Labute approximate surface area is 165 Å². The van der Waals surface area contributed by atoms with Gasteiger partial charge in [-0.3, -0.25) is 0 Å². The molecule has 3 rings (SSSR count). The zero-order chi connectivity index (χ0) is 22.7. The largest absolute Gasteiger partial charge is 0.478 e. The van der Waals surface area contributed by atoms with Gasteiger partial charge in [-0.25, -0.2) is 35.9 Å². The second kappa shape index (κ2) is 6.89. The number of rotatable bonds is 4. The first-order valence-electron chi connectivity index (χ1n) is 8.42. The highest BCUT2D eigenvalue weighted by Gasteiger charge is 2.55. The van der Waals surface area contributed by atoms with Crippen LogP contribution in [0.2, 0.25) is 0 Å². The molecular weight excluding hydrogens is 418 g/mol. The standard InChI is InChI=1S/C20H12F6O4/c1-6(2)20(7-3-4-8(18(27)28)9(5-7)19(29)30)11-10(13(22)17(20)26)12(21)15(24)16(25)14(11)23/h3-6H,1-2H3,(H,27,28)(H,29,30). The van der Waals surface area contributed by atoms with Crippen LogP contribution in [0.15, 0.2) is 24.0 Å². The predicted octanol–water partition coefficient (Wildman–Crippen LogP) is 5.20. The van der Waals surface area contributed by atoms with Crippen LogP contribution in [-0.2, 0) is 5.41 Å². The van der Waals surface area contributed by atoms with E-state index in [1.807, 2.05) is 0 Å². The summed E-state index contributed by atoms with van der Waals surface area (Å²) in [5.74, 6) is -17.1. The Hall–Kier alpha value is -3.30. The number of halogens is 6. The van der Waals surface area contributed by atoms with Crippen molar-refractivity contribution >= 4 is 17.8 Å². The summed E-state index contributed by atoms with van der Waals surface area (Å²) in [6.07, 6.45) is 0. The van der Waals surface area contributed by atoms with Crippen molar-refractivity contribution in [3.63, 3.8) is 0 Å². The number of fused-ring (bicyclic) bond motifs is 1. The zero-order valence-electron chi connectivity index (χ0n) is 15.3. The van der Waals surface area contributed by atoms with Gasteiger partial charge >= 0.3 is 11.9 Å². The molecule has 1 atom stereocenters. The van der Waals surface area contributed by atoms with Gasteiger partial charge in [-0.15, -0.1) is 0 Å². The third-order valence-corrected chi connectivity index (χ3v) is 5.22. The molecule has 1 aliphatic rings. The van der Waals surface area contributed by atoms with Gasteiger partial charge in [0.2, 0.25) is 0 Å². The molecule has 4 nitrogen and oxygen atoms in total. The second-order valence-electron chi connectivity index (χ2n) is 6.97.